The molecule has 0 radical (unpaired) electrons. The number of amides is 1. The number of halogens is 3. The lowest BCUT2D eigenvalue weighted by molar-refractivity contribution is -0.189. The Hall–Kier alpha value is -3.82. The maximum Gasteiger partial charge on any atom is 0.471 e. The zero-order valence-electron chi connectivity index (χ0n) is 16.9. The van der Waals surface area contributed by atoms with E-state index < -0.39 is 12.1 Å². The topological polar surface area (TPSA) is 83.1 Å². The number of carbonyl (C=O) groups excluding carboxylic acids is 1. The van der Waals surface area contributed by atoms with Crippen molar-refractivity contribution < 1.29 is 22.7 Å². The quantitative estimate of drug-likeness (QED) is 0.492. The number of aromatic amines is 1. The summed E-state index contributed by atoms with van der Waals surface area (Å²) in [6, 6.07) is 11.4. The molecule has 1 amide bonds. The number of methoxy groups -OCH3 is 1. The van der Waals surface area contributed by atoms with Gasteiger partial charge in [0.05, 0.1) is 12.6 Å². The first-order valence-corrected chi connectivity index (χ1v) is 9.86. The number of ether oxygens (including phenoxy) is 1. The number of H-pyrrole nitrogens is 1. The number of benzene rings is 2. The highest BCUT2D eigenvalue weighted by molar-refractivity contribution is 5.93. The number of rotatable bonds is 4. The monoisotopic (exact) mass is 441 g/mol. The molecule has 4 aromatic rings. The van der Waals surface area contributed by atoms with Crippen molar-refractivity contribution in [2.45, 2.75) is 12.1 Å². The van der Waals surface area contributed by atoms with E-state index in [-0.39, 0.29) is 19.0 Å². The minimum Gasteiger partial charge on any atom is -0.496 e. The van der Waals surface area contributed by atoms with Crippen molar-refractivity contribution in [2.24, 2.45) is 0 Å². The summed E-state index contributed by atoms with van der Waals surface area (Å²) >= 11 is 0. The van der Waals surface area contributed by atoms with Gasteiger partial charge in [0.15, 0.2) is 0 Å². The summed E-state index contributed by atoms with van der Waals surface area (Å²) < 4.78 is 43.6. The van der Waals surface area contributed by atoms with Gasteiger partial charge < -0.3 is 19.9 Å². The Kier molecular flexibility index (Phi) is 4.65. The molecule has 3 heterocycles. The maximum absolute atomic E-state index is 12.7. The third-order valence-electron chi connectivity index (χ3n) is 5.65. The van der Waals surface area contributed by atoms with Gasteiger partial charge in [-0.1, -0.05) is 0 Å². The number of hydrogen-bond acceptors (Lipinski definition) is 5. The molecule has 0 unspecified atom stereocenters. The van der Waals surface area contributed by atoms with Crippen molar-refractivity contribution in [1.29, 1.82) is 0 Å². The number of fused-ring (bicyclic) bond motifs is 2. The summed E-state index contributed by atoms with van der Waals surface area (Å²) in [6.45, 7) is -0.0539. The SMILES string of the molecule is COc1cc2ncnc(Nc3ccc4[nH]ccc4c3)c2cc1C1CN(C(=O)C(F)(F)F)C1. The van der Waals surface area contributed by atoms with Gasteiger partial charge in [-0.3, -0.25) is 4.79 Å². The van der Waals surface area contributed by atoms with Crippen molar-refractivity contribution in [3.05, 3.63) is 54.5 Å². The summed E-state index contributed by atoms with van der Waals surface area (Å²) in [4.78, 5) is 24.1. The fraction of sp³-hybridized carbons (Fsp3) is 0.227. The van der Waals surface area contributed by atoms with E-state index in [0.717, 1.165) is 21.5 Å². The van der Waals surface area contributed by atoms with Crippen LogP contribution < -0.4 is 10.1 Å². The first kappa shape index (κ1) is 20.1. The number of anilines is 2. The molecular weight excluding hydrogens is 423 g/mol. The molecule has 7 nitrogen and oxygen atoms in total. The van der Waals surface area contributed by atoms with Gasteiger partial charge in [-0.05, 0) is 30.3 Å². The Morgan fingerprint density at radius 3 is 2.75 bits per heavy atom. The van der Waals surface area contributed by atoms with Gasteiger partial charge >= 0.3 is 12.1 Å². The number of carbonyl (C=O) groups is 1. The molecule has 1 aliphatic rings. The molecule has 2 aromatic carbocycles. The number of likely N-dealkylation sites (tertiary alicyclic amines) is 1. The molecule has 0 aliphatic carbocycles. The Morgan fingerprint density at radius 2 is 2.00 bits per heavy atom. The van der Waals surface area contributed by atoms with Crippen molar-refractivity contribution in [3.8, 4) is 5.75 Å². The molecule has 1 aliphatic heterocycles. The number of alkyl halides is 3. The minimum absolute atomic E-state index is 0.0270. The fourth-order valence-electron chi connectivity index (χ4n) is 3.98. The lowest BCUT2D eigenvalue weighted by Gasteiger charge is -2.40. The third-order valence-corrected chi connectivity index (χ3v) is 5.65. The molecule has 1 saturated heterocycles. The van der Waals surface area contributed by atoms with Gasteiger partial charge in [0.25, 0.3) is 0 Å². The average Bonchev–Trinajstić information content (AvgIpc) is 3.19. The summed E-state index contributed by atoms with van der Waals surface area (Å²) in [5.41, 5.74) is 3.19. The summed E-state index contributed by atoms with van der Waals surface area (Å²) in [5, 5.41) is 5.04. The molecule has 2 aromatic heterocycles. The average molecular weight is 441 g/mol. The molecule has 32 heavy (non-hydrogen) atoms. The van der Waals surface area contributed by atoms with Crippen LogP contribution in [0.3, 0.4) is 0 Å². The zero-order valence-corrected chi connectivity index (χ0v) is 16.9. The number of hydrogen-bond donors (Lipinski definition) is 2. The second kappa shape index (κ2) is 7.40. The third kappa shape index (κ3) is 3.47. The van der Waals surface area contributed by atoms with E-state index in [1.807, 2.05) is 36.5 Å². The van der Waals surface area contributed by atoms with Crippen LogP contribution in [0.5, 0.6) is 5.75 Å². The van der Waals surface area contributed by atoms with E-state index in [2.05, 4.69) is 20.3 Å². The highest BCUT2D eigenvalue weighted by Crippen LogP contribution is 2.39. The molecular formula is C22H18F3N5O2. The van der Waals surface area contributed by atoms with Crippen LogP contribution >= 0.6 is 0 Å². The van der Waals surface area contributed by atoms with E-state index in [4.69, 9.17) is 4.74 Å². The summed E-state index contributed by atoms with van der Waals surface area (Å²) in [5.74, 6) is -1.01. The number of nitrogens with zero attached hydrogens (tertiary/aromatic N) is 3. The summed E-state index contributed by atoms with van der Waals surface area (Å²) in [6.07, 6.45) is -1.58. The van der Waals surface area contributed by atoms with Crippen LogP contribution in [0.4, 0.5) is 24.7 Å². The van der Waals surface area contributed by atoms with Crippen LogP contribution in [-0.2, 0) is 4.79 Å². The van der Waals surface area contributed by atoms with Crippen LogP contribution in [0.25, 0.3) is 21.8 Å². The fourth-order valence-corrected chi connectivity index (χ4v) is 3.98. The molecule has 0 spiro atoms. The smallest absolute Gasteiger partial charge is 0.471 e. The van der Waals surface area contributed by atoms with E-state index in [0.29, 0.717) is 28.0 Å². The van der Waals surface area contributed by atoms with Crippen molar-refractivity contribution in [3.63, 3.8) is 0 Å². The van der Waals surface area contributed by atoms with Gasteiger partial charge in [-0.2, -0.15) is 13.2 Å². The number of nitrogens with one attached hydrogen (secondary N) is 2. The van der Waals surface area contributed by atoms with E-state index in [1.165, 1.54) is 13.4 Å². The lowest BCUT2D eigenvalue weighted by atomic mass is 9.89. The van der Waals surface area contributed by atoms with Gasteiger partial charge in [0, 0.05) is 58.8 Å². The molecule has 0 bridgehead atoms. The second-order valence-electron chi connectivity index (χ2n) is 7.64. The predicted molar refractivity (Wildman–Crippen MR) is 113 cm³/mol. The zero-order chi connectivity index (χ0) is 22.5. The summed E-state index contributed by atoms with van der Waals surface area (Å²) in [7, 11) is 1.49. The minimum atomic E-state index is -4.87. The Morgan fingerprint density at radius 1 is 1.19 bits per heavy atom. The van der Waals surface area contributed by atoms with E-state index in [9.17, 15) is 18.0 Å². The Bertz CT molecular complexity index is 1330. The first-order valence-electron chi connectivity index (χ1n) is 9.86. The molecule has 0 saturated carbocycles. The van der Waals surface area contributed by atoms with Gasteiger partial charge in [-0.25, -0.2) is 9.97 Å². The second-order valence-corrected chi connectivity index (χ2v) is 7.64. The van der Waals surface area contributed by atoms with Gasteiger partial charge in [-0.15, -0.1) is 0 Å². The predicted octanol–water partition coefficient (Wildman–Crippen LogP) is 4.35. The Balaban J connectivity index is 1.47. The highest BCUT2D eigenvalue weighted by Gasteiger charge is 2.47. The van der Waals surface area contributed by atoms with Crippen molar-refractivity contribution in [1.82, 2.24) is 19.9 Å². The normalized spacial score (nSPS) is 14.6. The lowest BCUT2D eigenvalue weighted by Crippen LogP contribution is -2.53. The van der Waals surface area contributed by atoms with Crippen LogP contribution in [-0.4, -0.2) is 52.1 Å². The van der Waals surface area contributed by atoms with Crippen molar-refractivity contribution >= 4 is 39.2 Å². The van der Waals surface area contributed by atoms with E-state index in [1.54, 1.807) is 6.07 Å². The Labute approximate surface area is 180 Å². The molecule has 1 fully saturated rings. The van der Waals surface area contributed by atoms with Gasteiger partial charge in [0.1, 0.15) is 17.9 Å². The standard InChI is InChI=1S/C22H18F3N5O2/c1-32-19-8-18-16(7-15(19)13-9-30(10-13)21(31)22(23,24)25)20(28-11-27-18)29-14-2-3-17-12(6-14)4-5-26-17/h2-8,11,13,26H,9-10H2,1H3,(H,27,28,29). The maximum atomic E-state index is 12.7. The first-order chi connectivity index (χ1) is 15.3. The molecule has 164 valence electrons. The highest BCUT2D eigenvalue weighted by atomic mass is 19.4. The molecule has 10 heteroatoms. The van der Waals surface area contributed by atoms with E-state index >= 15 is 0 Å². The molecule has 2 N–H and O–H groups in total. The van der Waals surface area contributed by atoms with Crippen LogP contribution in [0.15, 0.2) is 48.9 Å². The van der Waals surface area contributed by atoms with Gasteiger partial charge in [0.2, 0.25) is 0 Å². The number of aromatic nitrogens is 3. The molecule has 5 rings (SSSR count). The largest absolute Gasteiger partial charge is 0.496 e. The van der Waals surface area contributed by atoms with Crippen molar-refractivity contribution in [2.75, 3.05) is 25.5 Å². The van der Waals surface area contributed by atoms with Crippen LogP contribution in [0.2, 0.25) is 0 Å². The van der Waals surface area contributed by atoms with Crippen LogP contribution in [0.1, 0.15) is 11.5 Å². The molecule has 0 atom stereocenters. The van der Waals surface area contributed by atoms with Crippen LogP contribution in [0, 0.1) is 0 Å².